The summed E-state index contributed by atoms with van der Waals surface area (Å²) in [5, 5.41) is 14.9. The van der Waals surface area contributed by atoms with Crippen LogP contribution in [0.5, 0.6) is 5.75 Å². The highest BCUT2D eigenvalue weighted by molar-refractivity contribution is 8.00. The number of halogens is 1. The molecule has 5 rings (SSSR count). The standard InChI is InChI=1S/C25H23ClN4O2S/c1-16(24(31)27-21-11-6-8-17-7-2-3-9-19(17)21)33-25-29-28-23(30(25)18-13-14-18)15-32-22-12-5-4-10-20(22)26/h2-12,16,18H,13-15H2,1H3,(H,27,31)/t16-/m1/s1. The van der Waals surface area contributed by atoms with Crippen molar-refractivity contribution in [1.29, 1.82) is 0 Å². The third kappa shape index (κ3) is 4.84. The molecule has 1 amide bonds. The van der Waals surface area contributed by atoms with Gasteiger partial charge < -0.3 is 10.1 Å². The van der Waals surface area contributed by atoms with E-state index < -0.39 is 0 Å². The van der Waals surface area contributed by atoms with Crippen LogP contribution in [0.2, 0.25) is 5.02 Å². The van der Waals surface area contributed by atoms with Crippen molar-refractivity contribution >= 4 is 45.7 Å². The second-order valence-corrected chi connectivity index (χ2v) is 9.71. The molecule has 0 aliphatic heterocycles. The number of hydrogen-bond acceptors (Lipinski definition) is 5. The summed E-state index contributed by atoms with van der Waals surface area (Å²) in [6.07, 6.45) is 2.14. The highest BCUT2D eigenvalue weighted by Gasteiger charge is 2.31. The lowest BCUT2D eigenvalue weighted by atomic mass is 10.1. The van der Waals surface area contributed by atoms with Gasteiger partial charge in [0.05, 0.1) is 10.3 Å². The largest absolute Gasteiger partial charge is 0.484 e. The molecule has 3 aromatic carbocycles. The predicted octanol–water partition coefficient (Wildman–Crippen LogP) is 6.12. The number of aromatic nitrogens is 3. The van der Waals surface area contributed by atoms with Crippen LogP contribution in [-0.4, -0.2) is 25.9 Å². The van der Waals surface area contributed by atoms with Crippen molar-refractivity contribution in [2.75, 3.05) is 5.32 Å². The van der Waals surface area contributed by atoms with E-state index in [4.69, 9.17) is 16.3 Å². The summed E-state index contributed by atoms with van der Waals surface area (Å²) in [7, 11) is 0. The van der Waals surface area contributed by atoms with Crippen molar-refractivity contribution < 1.29 is 9.53 Å². The highest BCUT2D eigenvalue weighted by atomic mass is 35.5. The summed E-state index contributed by atoms with van der Waals surface area (Å²) in [5.74, 6) is 1.28. The Morgan fingerprint density at radius 3 is 2.70 bits per heavy atom. The van der Waals surface area contributed by atoms with Crippen LogP contribution >= 0.6 is 23.4 Å². The third-order valence-electron chi connectivity index (χ3n) is 5.54. The van der Waals surface area contributed by atoms with Gasteiger partial charge in [-0.05, 0) is 43.4 Å². The number of para-hydroxylation sites is 1. The van der Waals surface area contributed by atoms with Gasteiger partial charge in [0.2, 0.25) is 5.91 Å². The number of hydrogen-bond donors (Lipinski definition) is 1. The molecule has 4 aromatic rings. The van der Waals surface area contributed by atoms with Crippen LogP contribution in [0.25, 0.3) is 10.8 Å². The summed E-state index contributed by atoms with van der Waals surface area (Å²) < 4.78 is 7.98. The van der Waals surface area contributed by atoms with Gasteiger partial charge in [-0.2, -0.15) is 0 Å². The minimum Gasteiger partial charge on any atom is -0.484 e. The number of ether oxygens (including phenoxy) is 1. The number of carbonyl (C=O) groups is 1. The van der Waals surface area contributed by atoms with E-state index in [-0.39, 0.29) is 17.8 Å². The number of carbonyl (C=O) groups excluding carboxylic acids is 1. The maximum atomic E-state index is 13.0. The minimum absolute atomic E-state index is 0.0735. The topological polar surface area (TPSA) is 69.0 Å². The molecular formula is C25H23ClN4O2S. The summed E-state index contributed by atoms with van der Waals surface area (Å²) in [4.78, 5) is 13.0. The van der Waals surface area contributed by atoms with Crippen LogP contribution in [-0.2, 0) is 11.4 Å². The van der Waals surface area contributed by atoms with E-state index in [1.165, 1.54) is 11.8 Å². The number of anilines is 1. The zero-order valence-electron chi connectivity index (χ0n) is 18.1. The molecule has 8 heteroatoms. The van der Waals surface area contributed by atoms with Crippen molar-refractivity contribution in [3.8, 4) is 5.75 Å². The van der Waals surface area contributed by atoms with Gasteiger partial charge in [0.1, 0.15) is 12.4 Å². The van der Waals surface area contributed by atoms with E-state index in [1.54, 1.807) is 6.07 Å². The number of nitrogens with one attached hydrogen (secondary N) is 1. The van der Waals surface area contributed by atoms with Gasteiger partial charge >= 0.3 is 0 Å². The summed E-state index contributed by atoms with van der Waals surface area (Å²) in [6.45, 7) is 2.15. The van der Waals surface area contributed by atoms with E-state index in [2.05, 4.69) is 20.1 Å². The molecular weight excluding hydrogens is 456 g/mol. The van der Waals surface area contributed by atoms with E-state index in [0.29, 0.717) is 16.8 Å². The van der Waals surface area contributed by atoms with Crippen molar-refractivity contribution in [2.24, 2.45) is 0 Å². The van der Waals surface area contributed by atoms with E-state index in [1.807, 2.05) is 67.6 Å². The first-order chi connectivity index (χ1) is 16.1. The molecule has 0 saturated heterocycles. The number of fused-ring (bicyclic) bond motifs is 1. The summed E-state index contributed by atoms with van der Waals surface area (Å²) in [6, 6.07) is 21.6. The molecule has 33 heavy (non-hydrogen) atoms. The molecule has 0 radical (unpaired) electrons. The summed E-state index contributed by atoms with van der Waals surface area (Å²) in [5.41, 5.74) is 0.808. The van der Waals surface area contributed by atoms with E-state index in [9.17, 15) is 4.79 Å². The maximum absolute atomic E-state index is 13.0. The van der Waals surface area contributed by atoms with Crippen LogP contribution in [0.1, 0.15) is 31.6 Å². The molecule has 1 N–H and O–H groups in total. The first kappa shape index (κ1) is 21.8. The Kier molecular flexibility index (Phi) is 6.24. The van der Waals surface area contributed by atoms with Gasteiger partial charge in [-0.3, -0.25) is 9.36 Å². The minimum atomic E-state index is -0.344. The summed E-state index contributed by atoms with van der Waals surface area (Å²) >= 11 is 7.61. The quantitative estimate of drug-likeness (QED) is 0.309. The molecule has 0 spiro atoms. The molecule has 1 heterocycles. The number of amides is 1. The molecule has 1 atom stereocenters. The van der Waals surface area contributed by atoms with Crippen molar-refractivity contribution in [3.05, 3.63) is 77.6 Å². The second kappa shape index (κ2) is 9.45. The zero-order valence-corrected chi connectivity index (χ0v) is 19.6. The Hall–Kier alpha value is -3.03. The monoisotopic (exact) mass is 478 g/mol. The van der Waals surface area contributed by atoms with Gasteiger partial charge in [-0.1, -0.05) is 71.9 Å². The van der Waals surface area contributed by atoms with Crippen molar-refractivity contribution in [2.45, 2.75) is 42.8 Å². The number of nitrogens with zero attached hydrogens (tertiary/aromatic N) is 3. The highest BCUT2D eigenvalue weighted by Crippen LogP contribution is 2.40. The Labute approximate surface area is 201 Å². The number of benzene rings is 3. The molecule has 1 aliphatic carbocycles. The molecule has 0 bridgehead atoms. The average molecular weight is 479 g/mol. The van der Waals surface area contributed by atoms with Crippen LogP contribution in [0.4, 0.5) is 5.69 Å². The Morgan fingerprint density at radius 2 is 1.88 bits per heavy atom. The zero-order chi connectivity index (χ0) is 22.8. The molecule has 1 fully saturated rings. The molecule has 6 nitrogen and oxygen atoms in total. The Morgan fingerprint density at radius 1 is 1.12 bits per heavy atom. The van der Waals surface area contributed by atoms with E-state index >= 15 is 0 Å². The van der Waals surface area contributed by atoms with Crippen molar-refractivity contribution in [1.82, 2.24) is 14.8 Å². The lowest BCUT2D eigenvalue weighted by Crippen LogP contribution is -2.23. The van der Waals surface area contributed by atoms with Crippen LogP contribution < -0.4 is 10.1 Å². The fourth-order valence-corrected chi connectivity index (χ4v) is 4.80. The van der Waals surface area contributed by atoms with Gasteiger partial charge in [0.15, 0.2) is 11.0 Å². The fourth-order valence-electron chi connectivity index (χ4n) is 3.67. The predicted molar refractivity (Wildman–Crippen MR) is 132 cm³/mol. The van der Waals surface area contributed by atoms with Gasteiger partial charge in [0.25, 0.3) is 0 Å². The second-order valence-electron chi connectivity index (χ2n) is 8.00. The smallest absolute Gasteiger partial charge is 0.237 e. The normalized spacial score (nSPS) is 14.2. The molecule has 1 aliphatic rings. The SMILES string of the molecule is C[C@@H](Sc1nnc(COc2ccccc2Cl)n1C1CC1)C(=O)Nc1cccc2ccccc12. The first-order valence-corrected chi connectivity index (χ1v) is 12.1. The maximum Gasteiger partial charge on any atom is 0.237 e. The van der Waals surface area contributed by atoms with Crippen molar-refractivity contribution in [3.63, 3.8) is 0 Å². The first-order valence-electron chi connectivity index (χ1n) is 10.9. The molecule has 168 valence electrons. The van der Waals surface area contributed by atoms with Crippen LogP contribution in [0, 0.1) is 0 Å². The van der Waals surface area contributed by atoms with Crippen LogP contribution in [0.15, 0.2) is 71.9 Å². The number of thioether (sulfide) groups is 1. The lowest BCUT2D eigenvalue weighted by molar-refractivity contribution is -0.115. The molecule has 0 unspecified atom stereocenters. The van der Waals surface area contributed by atoms with Gasteiger partial charge in [-0.15, -0.1) is 10.2 Å². The van der Waals surface area contributed by atoms with Gasteiger partial charge in [-0.25, -0.2) is 0 Å². The average Bonchev–Trinajstić information content (AvgIpc) is 3.59. The third-order valence-corrected chi connectivity index (χ3v) is 6.91. The Bertz CT molecular complexity index is 1300. The van der Waals surface area contributed by atoms with Gasteiger partial charge in [0, 0.05) is 17.1 Å². The van der Waals surface area contributed by atoms with E-state index in [0.717, 1.165) is 40.3 Å². The fraction of sp³-hybridized carbons (Fsp3) is 0.240. The number of rotatable bonds is 8. The van der Waals surface area contributed by atoms with Crippen LogP contribution in [0.3, 0.4) is 0 Å². The molecule has 1 saturated carbocycles. The lowest BCUT2D eigenvalue weighted by Gasteiger charge is -2.15. The Balaban J connectivity index is 1.29. The molecule has 1 aromatic heterocycles.